The molecular weight excluding hydrogens is 222 g/mol. The molecule has 0 heterocycles. The van der Waals surface area contributed by atoms with Gasteiger partial charge in [0, 0.05) is 0 Å². The van der Waals surface area contributed by atoms with Gasteiger partial charge < -0.3 is 20.3 Å². The third kappa shape index (κ3) is 3.35. The molecular formula is C12H17NO4. The smallest absolute Gasteiger partial charge is 0.325 e. The topological polar surface area (TPSA) is 81.8 Å². The Morgan fingerprint density at radius 1 is 1.35 bits per heavy atom. The summed E-state index contributed by atoms with van der Waals surface area (Å²) in [6.45, 7) is 3.80. The predicted molar refractivity (Wildman–Crippen MR) is 63.3 cm³/mol. The van der Waals surface area contributed by atoms with E-state index in [9.17, 15) is 4.79 Å². The summed E-state index contributed by atoms with van der Waals surface area (Å²) in [5.41, 5.74) is 5.99. The molecule has 0 aliphatic heterocycles. The summed E-state index contributed by atoms with van der Waals surface area (Å²) in [6, 6.07) is 3.81. The Balaban J connectivity index is 3.03. The minimum absolute atomic E-state index is 0.0166. The Labute approximate surface area is 100 Å². The molecule has 0 bridgehead atoms. The van der Waals surface area contributed by atoms with Crippen molar-refractivity contribution in [1.29, 1.82) is 0 Å². The monoisotopic (exact) mass is 239 g/mol. The maximum Gasteiger partial charge on any atom is 0.325 e. The van der Waals surface area contributed by atoms with Crippen LogP contribution in [0.15, 0.2) is 18.2 Å². The van der Waals surface area contributed by atoms with Gasteiger partial charge in [-0.25, -0.2) is 0 Å². The molecule has 0 aliphatic carbocycles. The van der Waals surface area contributed by atoms with E-state index in [1.807, 2.05) is 13.8 Å². The standard InChI is InChI=1S/C12H17NO4/c1-7(2)17-9-5-4-8(6-10(9)16-3)11(13)12(14)15/h4-7,11H,13H2,1-3H3,(H,14,15). The fourth-order valence-electron chi connectivity index (χ4n) is 1.37. The largest absolute Gasteiger partial charge is 0.493 e. The van der Waals surface area contributed by atoms with Crippen molar-refractivity contribution in [2.24, 2.45) is 5.73 Å². The maximum atomic E-state index is 10.8. The molecule has 94 valence electrons. The van der Waals surface area contributed by atoms with E-state index >= 15 is 0 Å². The van der Waals surface area contributed by atoms with Gasteiger partial charge in [-0.05, 0) is 31.5 Å². The van der Waals surface area contributed by atoms with Crippen LogP contribution in [0.25, 0.3) is 0 Å². The molecule has 1 aromatic carbocycles. The number of nitrogens with two attached hydrogens (primary N) is 1. The van der Waals surface area contributed by atoms with E-state index in [-0.39, 0.29) is 6.10 Å². The number of methoxy groups -OCH3 is 1. The number of ether oxygens (including phenoxy) is 2. The zero-order valence-electron chi connectivity index (χ0n) is 10.1. The van der Waals surface area contributed by atoms with Crippen molar-refractivity contribution in [2.45, 2.75) is 26.0 Å². The highest BCUT2D eigenvalue weighted by Gasteiger charge is 2.17. The molecule has 1 atom stereocenters. The van der Waals surface area contributed by atoms with Gasteiger partial charge in [0.25, 0.3) is 0 Å². The maximum absolute atomic E-state index is 10.8. The quantitative estimate of drug-likeness (QED) is 0.815. The van der Waals surface area contributed by atoms with Gasteiger partial charge >= 0.3 is 5.97 Å². The van der Waals surface area contributed by atoms with Crippen molar-refractivity contribution in [3.05, 3.63) is 23.8 Å². The van der Waals surface area contributed by atoms with Crippen molar-refractivity contribution in [3.8, 4) is 11.5 Å². The fraction of sp³-hybridized carbons (Fsp3) is 0.417. The second kappa shape index (κ2) is 5.54. The number of hydrogen-bond donors (Lipinski definition) is 2. The van der Waals surface area contributed by atoms with Gasteiger partial charge in [0.2, 0.25) is 0 Å². The summed E-state index contributed by atoms with van der Waals surface area (Å²) in [7, 11) is 1.50. The molecule has 0 aromatic heterocycles. The molecule has 0 aliphatic rings. The number of carboxylic acids is 1. The lowest BCUT2D eigenvalue weighted by Gasteiger charge is -2.15. The van der Waals surface area contributed by atoms with E-state index in [1.54, 1.807) is 18.2 Å². The average molecular weight is 239 g/mol. The zero-order valence-corrected chi connectivity index (χ0v) is 10.1. The average Bonchev–Trinajstić information content (AvgIpc) is 2.27. The minimum atomic E-state index is -1.08. The van der Waals surface area contributed by atoms with E-state index in [0.29, 0.717) is 17.1 Å². The normalized spacial score (nSPS) is 12.3. The number of benzene rings is 1. The Morgan fingerprint density at radius 3 is 2.47 bits per heavy atom. The van der Waals surface area contributed by atoms with Gasteiger partial charge in [0.15, 0.2) is 11.5 Å². The first kappa shape index (κ1) is 13.3. The SMILES string of the molecule is COc1cc(C(N)C(=O)O)ccc1OC(C)C. The lowest BCUT2D eigenvalue weighted by Crippen LogP contribution is -2.20. The van der Waals surface area contributed by atoms with Crippen molar-refractivity contribution >= 4 is 5.97 Å². The van der Waals surface area contributed by atoms with E-state index in [4.69, 9.17) is 20.3 Å². The van der Waals surface area contributed by atoms with Crippen LogP contribution in [0, 0.1) is 0 Å². The van der Waals surface area contributed by atoms with Crippen LogP contribution in [0.3, 0.4) is 0 Å². The Kier molecular flexibility index (Phi) is 4.34. The molecule has 17 heavy (non-hydrogen) atoms. The molecule has 0 spiro atoms. The van der Waals surface area contributed by atoms with Crippen LogP contribution in [-0.4, -0.2) is 24.3 Å². The van der Waals surface area contributed by atoms with Crippen molar-refractivity contribution in [3.63, 3.8) is 0 Å². The predicted octanol–water partition coefficient (Wildman–Crippen LogP) is 1.57. The molecule has 0 radical (unpaired) electrons. The number of carboxylic acid groups (broad SMARTS) is 1. The van der Waals surface area contributed by atoms with Crippen LogP contribution in [0.2, 0.25) is 0 Å². The number of rotatable bonds is 5. The van der Waals surface area contributed by atoms with E-state index < -0.39 is 12.0 Å². The third-order valence-electron chi connectivity index (χ3n) is 2.18. The summed E-state index contributed by atoms with van der Waals surface area (Å²) in [4.78, 5) is 10.8. The zero-order chi connectivity index (χ0) is 13.0. The van der Waals surface area contributed by atoms with Gasteiger partial charge in [-0.1, -0.05) is 6.07 Å². The highest BCUT2D eigenvalue weighted by atomic mass is 16.5. The summed E-state index contributed by atoms with van der Waals surface area (Å²) >= 11 is 0. The first-order valence-corrected chi connectivity index (χ1v) is 5.28. The third-order valence-corrected chi connectivity index (χ3v) is 2.18. The summed E-state index contributed by atoms with van der Waals surface area (Å²) in [5, 5.41) is 8.82. The van der Waals surface area contributed by atoms with Gasteiger partial charge in [-0.15, -0.1) is 0 Å². The van der Waals surface area contributed by atoms with Gasteiger partial charge in [-0.3, -0.25) is 4.79 Å². The second-order valence-electron chi connectivity index (χ2n) is 3.89. The van der Waals surface area contributed by atoms with Crippen molar-refractivity contribution in [2.75, 3.05) is 7.11 Å². The molecule has 1 unspecified atom stereocenters. The van der Waals surface area contributed by atoms with Crippen LogP contribution in [0.4, 0.5) is 0 Å². The minimum Gasteiger partial charge on any atom is -0.493 e. The molecule has 3 N–H and O–H groups in total. The van der Waals surface area contributed by atoms with Crippen molar-refractivity contribution < 1.29 is 19.4 Å². The first-order chi connectivity index (χ1) is 7.95. The molecule has 0 saturated carbocycles. The number of carbonyl (C=O) groups is 1. The van der Waals surface area contributed by atoms with Gasteiger partial charge in [0.05, 0.1) is 13.2 Å². The fourth-order valence-corrected chi connectivity index (χ4v) is 1.37. The summed E-state index contributed by atoms with van der Waals surface area (Å²) in [6.07, 6.45) is 0.0166. The molecule has 5 nitrogen and oxygen atoms in total. The molecule has 0 amide bonds. The van der Waals surface area contributed by atoms with Crippen LogP contribution >= 0.6 is 0 Å². The lowest BCUT2D eigenvalue weighted by atomic mass is 10.1. The summed E-state index contributed by atoms with van der Waals surface area (Å²) < 4.78 is 10.7. The Morgan fingerprint density at radius 2 is 2.00 bits per heavy atom. The van der Waals surface area contributed by atoms with Crippen LogP contribution in [-0.2, 0) is 4.79 Å². The first-order valence-electron chi connectivity index (χ1n) is 5.28. The molecule has 0 saturated heterocycles. The summed E-state index contributed by atoms with van der Waals surface area (Å²) in [5.74, 6) is -0.0266. The lowest BCUT2D eigenvalue weighted by molar-refractivity contribution is -0.138. The Bertz CT molecular complexity index is 403. The van der Waals surface area contributed by atoms with Crippen LogP contribution < -0.4 is 15.2 Å². The van der Waals surface area contributed by atoms with Gasteiger partial charge in [-0.2, -0.15) is 0 Å². The molecule has 5 heteroatoms. The highest BCUT2D eigenvalue weighted by molar-refractivity contribution is 5.75. The molecule has 1 rings (SSSR count). The van der Waals surface area contributed by atoms with E-state index in [1.165, 1.54) is 7.11 Å². The molecule has 1 aromatic rings. The number of aliphatic carboxylic acids is 1. The van der Waals surface area contributed by atoms with Crippen LogP contribution in [0.1, 0.15) is 25.5 Å². The number of hydrogen-bond acceptors (Lipinski definition) is 4. The van der Waals surface area contributed by atoms with Crippen LogP contribution in [0.5, 0.6) is 11.5 Å². The second-order valence-corrected chi connectivity index (χ2v) is 3.89. The van der Waals surface area contributed by atoms with E-state index in [0.717, 1.165) is 0 Å². The van der Waals surface area contributed by atoms with E-state index in [2.05, 4.69) is 0 Å². The van der Waals surface area contributed by atoms with Crippen molar-refractivity contribution in [1.82, 2.24) is 0 Å². The Hall–Kier alpha value is -1.75. The molecule has 0 fully saturated rings. The highest BCUT2D eigenvalue weighted by Crippen LogP contribution is 2.30. The van der Waals surface area contributed by atoms with Gasteiger partial charge in [0.1, 0.15) is 6.04 Å².